The van der Waals surface area contributed by atoms with Crippen molar-refractivity contribution in [1.82, 2.24) is 20.3 Å². The van der Waals surface area contributed by atoms with Gasteiger partial charge in [0.15, 0.2) is 0 Å². The van der Waals surface area contributed by atoms with Crippen LogP contribution in [0.25, 0.3) is 0 Å². The van der Waals surface area contributed by atoms with Crippen molar-refractivity contribution >= 4 is 11.9 Å². The van der Waals surface area contributed by atoms with E-state index in [1.54, 1.807) is 24.7 Å². The summed E-state index contributed by atoms with van der Waals surface area (Å²) in [5.41, 5.74) is 1.36. The average Bonchev–Trinajstić information content (AvgIpc) is 2.61. The van der Waals surface area contributed by atoms with Gasteiger partial charge in [-0.25, -0.2) is 9.97 Å². The molecule has 1 aliphatic heterocycles. The predicted molar refractivity (Wildman–Crippen MR) is 88.1 cm³/mol. The van der Waals surface area contributed by atoms with Gasteiger partial charge in [-0.15, -0.1) is 0 Å². The summed E-state index contributed by atoms with van der Waals surface area (Å²) >= 11 is 0. The molecule has 1 saturated heterocycles. The van der Waals surface area contributed by atoms with Gasteiger partial charge in [0.2, 0.25) is 5.95 Å². The number of rotatable bonds is 4. The monoisotopic (exact) mass is 311 g/mol. The van der Waals surface area contributed by atoms with E-state index in [9.17, 15) is 4.79 Å². The van der Waals surface area contributed by atoms with Gasteiger partial charge >= 0.3 is 0 Å². The fourth-order valence-corrected chi connectivity index (χ4v) is 2.77. The normalized spacial score (nSPS) is 17.8. The van der Waals surface area contributed by atoms with Gasteiger partial charge < -0.3 is 10.2 Å². The molecule has 1 aliphatic rings. The number of amides is 1. The molecule has 3 heterocycles. The first-order chi connectivity index (χ1) is 11.2. The van der Waals surface area contributed by atoms with Gasteiger partial charge in [0, 0.05) is 38.2 Å². The molecule has 0 saturated carbocycles. The summed E-state index contributed by atoms with van der Waals surface area (Å²) in [7, 11) is 0. The van der Waals surface area contributed by atoms with Gasteiger partial charge in [-0.05, 0) is 36.5 Å². The van der Waals surface area contributed by atoms with E-state index in [1.165, 1.54) is 6.42 Å². The number of carbonyl (C=O) groups excluding carboxylic acids is 1. The molecule has 120 valence electrons. The lowest BCUT2D eigenvalue weighted by molar-refractivity contribution is 0.0945. The van der Waals surface area contributed by atoms with Crippen molar-refractivity contribution in [2.45, 2.75) is 26.3 Å². The molecule has 0 spiro atoms. The maximum Gasteiger partial charge on any atom is 0.270 e. The molecule has 0 aromatic carbocycles. The molecule has 1 amide bonds. The van der Waals surface area contributed by atoms with Gasteiger partial charge in [-0.1, -0.05) is 13.0 Å². The zero-order valence-corrected chi connectivity index (χ0v) is 13.3. The second-order valence-electron chi connectivity index (χ2n) is 5.98. The minimum atomic E-state index is -0.192. The summed E-state index contributed by atoms with van der Waals surface area (Å²) in [6, 6.07) is 5.42. The molecule has 0 aliphatic carbocycles. The molecule has 2 aromatic heterocycles. The van der Waals surface area contributed by atoms with Gasteiger partial charge in [0.1, 0.15) is 5.69 Å². The second kappa shape index (κ2) is 7.17. The molecule has 3 rings (SSSR count). The lowest BCUT2D eigenvalue weighted by atomic mass is 10.0. The Kier molecular flexibility index (Phi) is 4.80. The zero-order valence-electron chi connectivity index (χ0n) is 13.3. The fourth-order valence-electron chi connectivity index (χ4n) is 2.77. The molecule has 2 aromatic rings. The first kappa shape index (κ1) is 15.4. The lowest BCUT2D eigenvalue weighted by Crippen LogP contribution is -2.36. The Balaban J connectivity index is 1.65. The van der Waals surface area contributed by atoms with Gasteiger partial charge in [0.25, 0.3) is 5.91 Å². The van der Waals surface area contributed by atoms with Crippen LogP contribution in [0.4, 0.5) is 5.95 Å². The minimum Gasteiger partial charge on any atom is -0.347 e. The molecular formula is C17H21N5O. The van der Waals surface area contributed by atoms with E-state index in [0.717, 1.165) is 25.1 Å². The SMILES string of the molecule is CC1CCCN(c2nccc(C(=O)NCc3cccnc3)n2)C1. The topological polar surface area (TPSA) is 71.0 Å². The third-order valence-corrected chi connectivity index (χ3v) is 3.99. The van der Waals surface area contributed by atoms with Crippen LogP contribution in [0, 0.1) is 5.92 Å². The predicted octanol–water partition coefficient (Wildman–Crippen LogP) is 2.04. The van der Waals surface area contributed by atoms with Crippen LogP contribution in [0.2, 0.25) is 0 Å². The number of hydrogen-bond donors (Lipinski definition) is 1. The first-order valence-corrected chi connectivity index (χ1v) is 7.97. The first-order valence-electron chi connectivity index (χ1n) is 7.97. The van der Waals surface area contributed by atoms with Crippen LogP contribution in [-0.2, 0) is 6.54 Å². The summed E-state index contributed by atoms with van der Waals surface area (Å²) < 4.78 is 0. The Bertz CT molecular complexity index is 661. The van der Waals surface area contributed by atoms with E-state index < -0.39 is 0 Å². The highest BCUT2D eigenvalue weighted by Crippen LogP contribution is 2.19. The lowest BCUT2D eigenvalue weighted by Gasteiger charge is -2.30. The number of nitrogens with one attached hydrogen (secondary N) is 1. The Morgan fingerprint density at radius 3 is 3.09 bits per heavy atom. The van der Waals surface area contributed by atoms with Crippen molar-refractivity contribution in [3.63, 3.8) is 0 Å². The highest BCUT2D eigenvalue weighted by atomic mass is 16.1. The Morgan fingerprint density at radius 2 is 2.30 bits per heavy atom. The number of nitrogens with zero attached hydrogens (tertiary/aromatic N) is 4. The van der Waals surface area contributed by atoms with Crippen molar-refractivity contribution in [2.75, 3.05) is 18.0 Å². The average molecular weight is 311 g/mol. The molecule has 0 radical (unpaired) electrons. The maximum atomic E-state index is 12.3. The quantitative estimate of drug-likeness (QED) is 0.935. The van der Waals surface area contributed by atoms with Crippen LogP contribution in [0.1, 0.15) is 35.8 Å². The van der Waals surface area contributed by atoms with Crippen molar-refractivity contribution < 1.29 is 4.79 Å². The van der Waals surface area contributed by atoms with Crippen molar-refractivity contribution in [2.24, 2.45) is 5.92 Å². The molecule has 0 bridgehead atoms. The van der Waals surface area contributed by atoms with Gasteiger partial charge in [-0.3, -0.25) is 9.78 Å². The Morgan fingerprint density at radius 1 is 1.39 bits per heavy atom. The number of piperidine rings is 1. The van der Waals surface area contributed by atoms with Crippen molar-refractivity contribution in [1.29, 1.82) is 0 Å². The largest absolute Gasteiger partial charge is 0.347 e. The highest BCUT2D eigenvalue weighted by Gasteiger charge is 2.19. The molecule has 1 N–H and O–H groups in total. The van der Waals surface area contributed by atoms with E-state index in [2.05, 4.69) is 32.1 Å². The van der Waals surface area contributed by atoms with E-state index in [1.807, 2.05) is 12.1 Å². The molecule has 6 nitrogen and oxygen atoms in total. The van der Waals surface area contributed by atoms with Crippen LogP contribution in [-0.4, -0.2) is 33.9 Å². The van der Waals surface area contributed by atoms with Crippen LogP contribution in [0.5, 0.6) is 0 Å². The van der Waals surface area contributed by atoms with Crippen LogP contribution in [0.3, 0.4) is 0 Å². The smallest absolute Gasteiger partial charge is 0.270 e. The van der Waals surface area contributed by atoms with Crippen LogP contribution in [0.15, 0.2) is 36.8 Å². The number of anilines is 1. The minimum absolute atomic E-state index is 0.192. The molecule has 6 heteroatoms. The van der Waals surface area contributed by atoms with Crippen molar-refractivity contribution in [3.05, 3.63) is 48.0 Å². The Labute approximate surface area is 136 Å². The standard InChI is InChI=1S/C17H21N5O/c1-13-4-3-9-22(12-13)17-19-8-6-15(21-17)16(23)20-11-14-5-2-7-18-10-14/h2,5-8,10,13H,3-4,9,11-12H2,1H3,(H,20,23). The second-order valence-corrected chi connectivity index (χ2v) is 5.98. The number of carbonyl (C=O) groups is 1. The van der Waals surface area contributed by atoms with Gasteiger partial charge in [0.05, 0.1) is 0 Å². The highest BCUT2D eigenvalue weighted by molar-refractivity contribution is 5.92. The summed E-state index contributed by atoms with van der Waals surface area (Å²) in [5, 5.41) is 2.87. The zero-order chi connectivity index (χ0) is 16.1. The fraction of sp³-hybridized carbons (Fsp3) is 0.412. The molecule has 1 fully saturated rings. The van der Waals surface area contributed by atoms with Crippen LogP contribution < -0.4 is 10.2 Å². The van der Waals surface area contributed by atoms with E-state index in [-0.39, 0.29) is 5.91 Å². The molecule has 23 heavy (non-hydrogen) atoms. The molecule has 1 unspecified atom stereocenters. The summed E-state index contributed by atoms with van der Waals surface area (Å²) in [4.78, 5) is 27.2. The Hall–Kier alpha value is -2.50. The van der Waals surface area contributed by atoms with E-state index in [4.69, 9.17) is 0 Å². The van der Waals surface area contributed by atoms with Gasteiger partial charge in [-0.2, -0.15) is 0 Å². The van der Waals surface area contributed by atoms with E-state index >= 15 is 0 Å². The third kappa shape index (κ3) is 4.03. The van der Waals surface area contributed by atoms with E-state index in [0.29, 0.717) is 24.1 Å². The summed E-state index contributed by atoms with van der Waals surface area (Å²) in [5.74, 6) is 1.09. The van der Waals surface area contributed by atoms with Crippen LogP contribution >= 0.6 is 0 Å². The molecule has 1 atom stereocenters. The number of hydrogen-bond acceptors (Lipinski definition) is 5. The summed E-state index contributed by atoms with van der Waals surface area (Å²) in [6.07, 6.45) is 7.48. The number of pyridine rings is 1. The molecular weight excluding hydrogens is 290 g/mol. The van der Waals surface area contributed by atoms with Crippen molar-refractivity contribution in [3.8, 4) is 0 Å². The maximum absolute atomic E-state index is 12.3. The summed E-state index contributed by atoms with van der Waals surface area (Å²) in [6.45, 7) is 4.56. The third-order valence-electron chi connectivity index (χ3n) is 3.99. The number of aromatic nitrogens is 3.